The van der Waals surface area contributed by atoms with Gasteiger partial charge in [-0.05, 0) is 67.1 Å². The maximum atomic E-state index is 13.0. The first kappa shape index (κ1) is 21.3. The minimum absolute atomic E-state index is 0.0127. The van der Waals surface area contributed by atoms with Crippen LogP contribution >= 0.6 is 0 Å². The Morgan fingerprint density at radius 1 is 0.938 bits per heavy atom. The Kier molecular flexibility index (Phi) is 6.94. The molecule has 1 aliphatic heterocycles. The van der Waals surface area contributed by atoms with Crippen molar-refractivity contribution in [3.63, 3.8) is 0 Å². The second-order valence-corrected chi connectivity index (χ2v) is 7.90. The number of amides is 2. The summed E-state index contributed by atoms with van der Waals surface area (Å²) in [5.41, 5.74) is 2.94. The van der Waals surface area contributed by atoms with Crippen molar-refractivity contribution in [1.29, 1.82) is 0 Å². The first-order valence-corrected chi connectivity index (χ1v) is 10.8. The summed E-state index contributed by atoms with van der Waals surface area (Å²) in [4.78, 5) is 31.4. The molecule has 160 valence electrons. The Morgan fingerprint density at radius 2 is 1.72 bits per heavy atom. The van der Waals surface area contributed by atoms with Crippen LogP contribution in [0.4, 0.5) is 5.69 Å². The van der Waals surface area contributed by atoms with Gasteiger partial charge in [-0.25, -0.2) is 4.98 Å². The maximum Gasteiger partial charge on any atom is 0.253 e. The molecule has 3 aromatic rings. The van der Waals surface area contributed by atoms with Crippen molar-refractivity contribution in [3.8, 4) is 11.8 Å². The molecule has 5 nitrogen and oxygen atoms in total. The second-order valence-electron chi connectivity index (χ2n) is 7.90. The molecule has 5 heteroatoms. The number of pyridine rings is 1. The number of rotatable bonds is 4. The first-order valence-electron chi connectivity index (χ1n) is 10.8. The van der Waals surface area contributed by atoms with E-state index in [1.165, 1.54) is 0 Å². The van der Waals surface area contributed by atoms with E-state index in [4.69, 9.17) is 0 Å². The molecule has 1 aliphatic rings. The van der Waals surface area contributed by atoms with Gasteiger partial charge < -0.3 is 10.2 Å². The van der Waals surface area contributed by atoms with Crippen molar-refractivity contribution < 1.29 is 9.59 Å². The van der Waals surface area contributed by atoms with Crippen molar-refractivity contribution in [2.24, 2.45) is 5.92 Å². The monoisotopic (exact) mass is 423 g/mol. The quantitative estimate of drug-likeness (QED) is 0.634. The van der Waals surface area contributed by atoms with E-state index in [0.29, 0.717) is 36.7 Å². The highest BCUT2D eigenvalue weighted by Crippen LogP contribution is 2.23. The summed E-state index contributed by atoms with van der Waals surface area (Å²) in [5.74, 6) is 6.43. The zero-order valence-corrected chi connectivity index (χ0v) is 17.8. The molecule has 0 aliphatic carbocycles. The molecule has 0 saturated carbocycles. The summed E-state index contributed by atoms with van der Waals surface area (Å²) in [5, 5.41) is 2.94. The molecule has 1 fully saturated rings. The summed E-state index contributed by atoms with van der Waals surface area (Å²) in [6.07, 6.45) is 3.84. The number of anilines is 1. The third kappa shape index (κ3) is 5.83. The summed E-state index contributed by atoms with van der Waals surface area (Å²) in [6.45, 7) is 1.32. The minimum Gasteiger partial charge on any atom is -0.339 e. The minimum atomic E-state index is 0.0127. The van der Waals surface area contributed by atoms with Gasteiger partial charge in [0, 0.05) is 42.5 Å². The lowest BCUT2D eigenvalue weighted by Gasteiger charge is -2.32. The summed E-state index contributed by atoms with van der Waals surface area (Å²) in [6, 6.07) is 22.5. The van der Waals surface area contributed by atoms with E-state index in [1.54, 1.807) is 6.20 Å². The van der Waals surface area contributed by atoms with Crippen LogP contribution < -0.4 is 5.32 Å². The Balaban J connectivity index is 1.31. The number of nitrogens with zero attached hydrogens (tertiary/aromatic N) is 2. The number of carbonyl (C=O) groups is 2. The molecule has 2 heterocycles. The van der Waals surface area contributed by atoms with Crippen LogP contribution in [0.1, 0.15) is 40.9 Å². The fourth-order valence-electron chi connectivity index (χ4n) is 3.82. The highest BCUT2D eigenvalue weighted by Gasteiger charge is 2.25. The van der Waals surface area contributed by atoms with Gasteiger partial charge in [-0.1, -0.05) is 36.3 Å². The van der Waals surface area contributed by atoms with Crippen LogP contribution in [0.5, 0.6) is 0 Å². The van der Waals surface area contributed by atoms with Gasteiger partial charge in [0.25, 0.3) is 5.91 Å². The Hall–Kier alpha value is -3.91. The fraction of sp³-hybridized carbons (Fsp3) is 0.222. The molecule has 1 N–H and O–H groups in total. The lowest BCUT2D eigenvalue weighted by atomic mass is 9.92. The number of aromatic nitrogens is 1. The van der Waals surface area contributed by atoms with Gasteiger partial charge in [-0.3, -0.25) is 9.59 Å². The SMILES string of the molecule is O=C(CC1CCN(C(=O)c2cccc(C#Cc3ccccn3)c2)CC1)Nc1ccccc1. The van der Waals surface area contributed by atoms with Gasteiger partial charge in [0.1, 0.15) is 5.69 Å². The lowest BCUT2D eigenvalue weighted by molar-refractivity contribution is -0.117. The average molecular weight is 424 g/mol. The average Bonchev–Trinajstić information content (AvgIpc) is 2.84. The van der Waals surface area contributed by atoms with Crippen LogP contribution in [-0.4, -0.2) is 34.8 Å². The molecule has 0 atom stereocenters. The molecule has 0 radical (unpaired) electrons. The molecule has 4 rings (SSSR count). The summed E-state index contributed by atoms with van der Waals surface area (Å²) in [7, 11) is 0. The zero-order chi connectivity index (χ0) is 22.2. The first-order chi connectivity index (χ1) is 15.7. The van der Waals surface area contributed by atoms with Crippen LogP contribution in [0, 0.1) is 17.8 Å². The number of benzene rings is 2. The van der Waals surface area contributed by atoms with Gasteiger partial charge in [-0.2, -0.15) is 0 Å². The summed E-state index contributed by atoms with van der Waals surface area (Å²) >= 11 is 0. The van der Waals surface area contributed by atoms with Crippen LogP contribution in [0.2, 0.25) is 0 Å². The van der Waals surface area contributed by atoms with E-state index in [9.17, 15) is 9.59 Å². The number of carbonyl (C=O) groups excluding carboxylic acids is 2. The van der Waals surface area contributed by atoms with Crippen molar-refractivity contribution >= 4 is 17.5 Å². The molecule has 0 unspecified atom stereocenters. The van der Waals surface area contributed by atoms with Gasteiger partial charge in [0.2, 0.25) is 5.91 Å². The molecular weight excluding hydrogens is 398 g/mol. The van der Waals surface area contributed by atoms with Crippen molar-refractivity contribution in [2.45, 2.75) is 19.3 Å². The van der Waals surface area contributed by atoms with Gasteiger partial charge >= 0.3 is 0 Å². The summed E-state index contributed by atoms with van der Waals surface area (Å²) < 4.78 is 0. The number of likely N-dealkylation sites (tertiary alicyclic amines) is 1. The number of hydrogen-bond donors (Lipinski definition) is 1. The molecule has 2 aromatic carbocycles. The number of nitrogens with one attached hydrogen (secondary N) is 1. The largest absolute Gasteiger partial charge is 0.339 e. The van der Waals surface area contributed by atoms with E-state index in [0.717, 1.165) is 24.1 Å². The van der Waals surface area contributed by atoms with E-state index >= 15 is 0 Å². The smallest absolute Gasteiger partial charge is 0.253 e. The number of para-hydroxylation sites is 1. The molecule has 0 bridgehead atoms. The molecule has 1 saturated heterocycles. The second kappa shape index (κ2) is 10.4. The predicted molar refractivity (Wildman–Crippen MR) is 125 cm³/mol. The molecular formula is C27H25N3O2. The topological polar surface area (TPSA) is 62.3 Å². The van der Waals surface area contributed by atoms with Gasteiger partial charge in [0.05, 0.1) is 0 Å². The van der Waals surface area contributed by atoms with Crippen LogP contribution in [0.3, 0.4) is 0 Å². The normalized spacial score (nSPS) is 13.7. The van der Waals surface area contributed by atoms with Crippen molar-refractivity contribution in [2.75, 3.05) is 18.4 Å². The Labute approximate surface area is 188 Å². The Bertz CT molecular complexity index is 1130. The standard InChI is InChI=1S/C27H25N3O2/c31-26(29-25-10-2-1-3-11-25)20-22-14-17-30(18-15-22)27(32)23-8-6-7-21(19-23)12-13-24-9-4-5-16-28-24/h1-11,16,19,22H,14-15,17-18,20H2,(H,29,31). The van der Waals surface area contributed by atoms with E-state index in [-0.39, 0.29) is 11.8 Å². The van der Waals surface area contributed by atoms with Gasteiger partial charge in [0.15, 0.2) is 0 Å². The van der Waals surface area contributed by atoms with Gasteiger partial charge in [-0.15, -0.1) is 0 Å². The van der Waals surface area contributed by atoms with E-state index < -0.39 is 0 Å². The van der Waals surface area contributed by atoms with Crippen LogP contribution in [0.15, 0.2) is 79.0 Å². The third-order valence-electron chi connectivity index (χ3n) is 5.54. The fourth-order valence-corrected chi connectivity index (χ4v) is 3.82. The maximum absolute atomic E-state index is 13.0. The van der Waals surface area contributed by atoms with Crippen molar-refractivity contribution in [3.05, 3.63) is 95.8 Å². The molecule has 0 spiro atoms. The third-order valence-corrected chi connectivity index (χ3v) is 5.54. The highest BCUT2D eigenvalue weighted by molar-refractivity contribution is 5.94. The zero-order valence-electron chi connectivity index (χ0n) is 17.8. The number of piperidine rings is 1. The highest BCUT2D eigenvalue weighted by atomic mass is 16.2. The van der Waals surface area contributed by atoms with Crippen LogP contribution in [-0.2, 0) is 4.79 Å². The van der Waals surface area contributed by atoms with E-state index in [2.05, 4.69) is 22.1 Å². The lowest BCUT2D eigenvalue weighted by Crippen LogP contribution is -2.39. The number of hydrogen-bond acceptors (Lipinski definition) is 3. The molecule has 32 heavy (non-hydrogen) atoms. The van der Waals surface area contributed by atoms with Crippen LogP contribution in [0.25, 0.3) is 0 Å². The Morgan fingerprint density at radius 3 is 2.47 bits per heavy atom. The molecule has 1 aromatic heterocycles. The molecule has 2 amide bonds. The predicted octanol–water partition coefficient (Wildman–Crippen LogP) is 4.36. The van der Waals surface area contributed by atoms with Crippen molar-refractivity contribution in [1.82, 2.24) is 9.88 Å². The van der Waals surface area contributed by atoms with E-state index in [1.807, 2.05) is 77.7 Å².